The van der Waals surface area contributed by atoms with Crippen LogP contribution in [0.3, 0.4) is 0 Å². The first-order valence-corrected chi connectivity index (χ1v) is 10.2. The molecule has 2 saturated heterocycles. The van der Waals surface area contributed by atoms with E-state index in [1.165, 1.54) is 24.1 Å². The Morgan fingerprint density at radius 2 is 1.90 bits per heavy atom. The Labute approximate surface area is 175 Å². The van der Waals surface area contributed by atoms with E-state index in [1.54, 1.807) is 12.1 Å². The third-order valence-corrected chi connectivity index (χ3v) is 5.51. The van der Waals surface area contributed by atoms with Crippen LogP contribution in [0.25, 0.3) is 0 Å². The lowest BCUT2D eigenvalue weighted by Gasteiger charge is -2.28. The van der Waals surface area contributed by atoms with Crippen molar-refractivity contribution >= 4 is 17.6 Å². The largest absolute Gasteiger partial charge is 0.379 e. The van der Waals surface area contributed by atoms with E-state index in [1.807, 2.05) is 0 Å². The maximum Gasteiger partial charge on any atom is 0.290 e. The van der Waals surface area contributed by atoms with Crippen LogP contribution in [0.4, 0.5) is 4.39 Å². The van der Waals surface area contributed by atoms with Gasteiger partial charge in [0, 0.05) is 39.3 Å². The van der Waals surface area contributed by atoms with Crippen LogP contribution < -0.4 is 0 Å². The summed E-state index contributed by atoms with van der Waals surface area (Å²) in [6.07, 6.45) is 1.22. The van der Waals surface area contributed by atoms with E-state index >= 15 is 0 Å². The molecule has 2 aliphatic heterocycles. The van der Waals surface area contributed by atoms with Gasteiger partial charge in [0.15, 0.2) is 0 Å². The zero-order valence-corrected chi connectivity index (χ0v) is 17.2. The number of carbonyl (C=O) groups excluding carboxylic acids is 3. The number of ketones is 1. The highest BCUT2D eigenvalue weighted by Crippen LogP contribution is 2.18. The van der Waals surface area contributed by atoms with Crippen LogP contribution in [0, 0.1) is 11.7 Å². The fourth-order valence-corrected chi connectivity index (χ4v) is 3.70. The first-order valence-electron chi connectivity index (χ1n) is 10.2. The molecule has 1 aromatic rings. The number of carbonyl (C=O) groups is 3. The molecule has 0 spiro atoms. The second kappa shape index (κ2) is 10.6. The summed E-state index contributed by atoms with van der Waals surface area (Å²) in [4.78, 5) is 46.3. The normalized spacial score (nSPS) is 20.1. The average Bonchev–Trinajstić information content (AvgIpc) is 3.05. The summed E-state index contributed by atoms with van der Waals surface area (Å²) in [5.74, 6) is -3.11. The fraction of sp³-hybridized carbons (Fsp3) is 0.571. The Hall–Kier alpha value is -2.36. The fourth-order valence-electron chi connectivity index (χ4n) is 3.70. The molecule has 1 atom stereocenters. The molecule has 3 rings (SSSR count). The molecule has 1 aromatic carbocycles. The Balaban J connectivity index is 1.49. The number of hydroxylamine groups is 2. The molecular weight excluding hydrogens is 393 g/mol. The molecule has 0 aromatic heterocycles. The van der Waals surface area contributed by atoms with E-state index in [9.17, 15) is 18.8 Å². The van der Waals surface area contributed by atoms with Crippen LogP contribution in [0.2, 0.25) is 0 Å². The number of nitrogens with zero attached hydrogens (tertiary/aromatic N) is 3. The van der Waals surface area contributed by atoms with E-state index in [0.29, 0.717) is 39.1 Å². The van der Waals surface area contributed by atoms with E-state index in [0.717, 1.165) is 23.7 Å². The minimum atomic E-state index is -1.03. The van der Waals surface area contributed by atoms with Crippen molar-refractivity contribution in [1.82, 2.24) is 14.9 Å². The van der Waals surface area contributed by atoms with E-state index in [2.05, 4.69) is 4.90 Å². The minimum absolute atomic E-state index is 0.0820. The number of amides is 2. The Morgan fingerprint density at radius 1 is 1.20 bits per heavy atom. The first kappa shape index (κ1) is 22.3. The average molecular weight is 421 g/mol. The number of halogens is 1. The van der Waals surface area contributed by atoms with Gasteiger partial charge >= 0.3 is 0 Å². The molecule has 2 heterocycles. The molecule has 2 aliphatic rings. The molecule has 1 unspecified atom stereocenters. The van der Waals surface area contributed by atoms with Crippen LogP contribution in [0.1, 0.15) is 12.0 Å². The van der Waals surface area contributed by atoms with Gasteiger partial charge in [-0.15, -0.1) is 0 Å². The van der Waals surface area contributed by atoms with Gasteiger partial charge in [-0.2, -0.15) is 0 Å². The highest BCUT2D eigenvalue weighted by molar-refractivity contribution is 6.42. The monoisotopic (exact) mass is 421 g/mol. The third-order valence-electron chi connectivity index (χ3n) is 5.51. The van der Waals surface area contributed by atoms with Gasteiger partial charge in [0.25, 0.3) is 11.8 Å². The number of ether oxygens (including phenoxy) is 1. The Morgan fingerprint density at radius 3 is 2.57 bits per heavy atom. The van der Waals surface area contributed by atoms with Gasteiger partial charge in [-0.05, 0) is 30.5 Å². The van der Waals surface area contributed by atoms with Crippen LogP contribution in [-0.4, -0.2) is 92.1 Å². The molecule has 2 fully saturated rings. The van der Waals surface area contributed by atoms with Crippen LogP contribution in [-0.2, 0) is 30.4 Å². The summed E-state index contributed by atoms with van der Waals surface area (Å²) in [7, 11) is 1.37. The second-order valence-corrected chi connectivity index (χ2v) is 7.47. The van der Waals surface area contributed by atoms with Crippen molar-refractivity contribution in [3.05, 3.63) is 35.6 Å². The molecule has 9 heteroatoms. The topological polar surface area (TPSA) is 79.4 Å². The quantitative estimate of drug-likeness (QED) is 0.328. The molecule has 0 bridgehead atoms. The number of morpholine rings is 1. The Kier molecular flexibility index (Phi) is 7.89. The smallest absolute Gasteiger partial charge is 0.290 e. The van der Waals surface area contributed by atoms with Gasteiger partial charge in [-0.1, -0.05) is 12.1 Å². The molecule has 8 nitrogen and oxygen atoms in total. The van der Waals surface area contributed by atoms with Crippen LogP contribution >= 0.6 is 0 Å². The standard InChI is InChI=1S/C21H28FN3O5/c1-29-25(8-2-3-16-4-6-17(22)7-5-16)20(27)18-15-24(21(28)19(18)26)10-9-23-11-13-30-14-12-23/h4-7,18H,2-3,8-15H2,1H3. The van der Waals surface area contributed by atoms with Gasteiger partial charge in [-0.3, -0.25) is 24.1 Å². The summed E-state index contributed by atoms with van der Waals surface area (Å²) < 4.78 is 18.3. The van der Waals surface area contributed by atoms with Crippen molar-refractivity contribution in [2.24, 2.45) is 5.92 Å². The number of hydrogen-bond acceptors (Lipinski definition) is 6. The third kappa shape index (κ3) is 5.62. The molecule has 2 amide bonds. The zero-order chi connectivity index (χ0) is 21.5. The highest BCUT2D eigenvalue weighted by Gasteiger charge is 2.44. The molecule has 30 heavy (non-hydrogen) atoms. The predicted molar refractivity (Wildman–Crippen MR) is 106 cm³/mol. The lowest BCUT2D eigenvalue weighted by atomic mass is 10.1. The summed E-state index contributed by atoms with van der Waals surface area (Å²) >= 11 is 0. The summed E-state index contributed by atoms with van der Waals surface area (Å²) in [6.45, 7) is 4.33. The maximum atomic E-state index is 13.0. The number of rotatable bonds is 9. The summed E-state index contributed by atoms with van der Waals surface area (Å²) in [5.41, 5.74) is 0.946. The molecule has 0 saturated carbocycles. The summed E-state index contributed by atoms with van der Waals surface area (Å²) in [6, 6.07) is 6.17. The van der Waals surface area contributed by atoms with Gasteiger partial charge in [-0.25, -0.2) is 9.45 Å². The van der Waals surface area contributed by atoms with E-state index in [-0.39, 0.29) is 18.9 Å². The van der Waals surface area contributed by atoms with Crippen molar-refractivity contribution in [1.29, 1.82) is 0 Å². The van der Waals surface area contributed by atoms with Crippen molar-refractivity contribution in [3.8, 4) is 0 Å². The lowest BCUT2D eigenvalue weighted by molar-refractivity contribution is -0.181. The molecular formula is C21H28FN3O5. The number of Topliss-reactive ketones (excluding diaryl/α,β-unsaturated/α-hetero) is 1. The number of hydrogen-bond donors (Lipinski definition) is 0. The van der Waals surface area contributed by atoms with Gasteiger partial charge in [0.05, 0.1) is 20.3 Å². The minimum Gasteiger partial charge on any atom is -0.379 e. The van der Waals surface area contributed by atoms with Gasteiger partial charge in [0.1, 0.15) is 11.7 Å². The highest BCUT2D eigenvalue weighted by atomic mass is 19.1. The first-order chi connectivity index (χ1) is 14.5. The van der Waals surface area contributed by atoms with E-state index in [4.69, 9.17) is 9.57 Å². The number of likely N-dealkylation sites (tertiary alicyclic amines) is 1. The lowest BCUT2D eigenvalue weighted by Crippen LogP contribution is -2.42. The SMILES string of the molecule is CON(CCCc1ccc(F)cc1)C(=O)C1CN(CCN2CCOCC2)C(=O)C1=O. The molecule has 164 valence electrons. The van der Waals surface area contributed by atoms with E-state index < -0.39 is 23.5 Å². The predicted octanol–water partition coefficient (Wildman–Crippen LogP) is 0.508. The van der Waals surface area contributed by atoms with Crippen molar-refractivity contribution in [2.45, 2.75) is 12.8 Å². The molecule has 0 radical (unpaired) electrons. The molecule has 0 aliphatic carbocycles. The molecule has 0 N–H and O–H groups in total. The maximum absolute atomic E-state index is 13.0. The second-order valence-electron chi connectivity index (χ2n) is 7.47. The number of aryl methyl sites for hydroxylation is 1. The van der Waals surface area contributed by atoms with Gasteiger partial charge < -0.3 is 9.64 Å². The van der Waals surface area contributed by atoms with Crippen molar-refractivity contribution in [3.63, 3.8) is 0 Å². The zero-order valence-electron chi connectivity index (χ0n) is 17.2. The van der Waals surface area contributed by atoms with Crippen LogP contribution in [0.5, 0.6) is 0 Å². The summed E-state index contributed by atoms with van der Waals surface area (Å²) in [5, 5.41) is 1.14. The van der Waals surface area contributed by atoms with Crippen LogP contribution in [0.15, 0.2) is 24.3 Å². The van der Waals surface area contributed by atoms with Crippen molar-refractivity contribution in [2.75, 3.05) is 59.6 Å². The van der Waals surface area contributed by atoms with Crippen molar-refractivity contribution < 1.29 is 28.3 Å². The van der Waals surface area contributed by atoms with Gasteiger partial charge in [0.2, 0.25) is 5.78 Å². The Bertz CT molecular complexity index is 752. The number of benzene rings is 1.